The molecule has 0 spiro atoms. The normalized spacial score (nSPS) is 18.8. The Kier molecular flexibility index (Phi) is 5.43. The number of benzene rings is 1. The molecule has 114 valence electrons. The molecule has 1 aliphatic rings. The van der Waals surface area contributed by atoms with Crippen molar-refractivity contribution in [1.82, 2.24) is 5.32 Å². The Balaban J connectivity index is 1.97. The number of hydrogen-bond donors (Lipinski definition) is 1. The zero-order valence-corrected chi connectivity index (χ0v) is 13.1. The van der Waals surface area contributed by atoms with E-state index in [1.54, 1.807) is 0 Å². The Hall–Kier alpha value is -1.77. The van der Waals surface area contributed by atoms with Crippen LogP contribution in [0, 0.1) is 5.92 Å². The zero-order chi connectivity index (χ0) is 15.2. The molecule has 3 nitrogen and oxygen atoms in total. The van der Waals surface area contributed by atoms with E-state index in [0.29, 0.717) is 12.3 Å². The van der Waals surface area contributed by atoms with Crippen LogP contribution in [-0.2, 0) is 4.79 Å². The van der Waals surface area contributed by atoms with Crippen molar-refractivity contribution in [2.75, 3.05) is 0 Å². The van der Waals surface area contributed by atoms with Crippen molar-refractivity contribution in [1.29, 1.82) is 0 Å². The van der Waals surface area contributed by atoms with Gasteiger partial charge in [0.2, 0.25) is 5.91 Å². The van der Waals surface area contributed by atoms with Crippen LogP contribution in [0.15, 0.2) is 36.4 Å². The van der Waals surface area contributed by atoms with Crippen LogP contribution < -0.4 is 10.1 Å². The summed E-state index contributed by atoms with van der Waals surface area (Å²) in [5.74, 6) is 1.36. The lowest BCUT2D eigenvalue weighted by Gasteiger charge is -2.20. The molecule has 0 fully saturated rings. The third kappa shape index (κ3) is 4.62. The van der Waals surface area contributed by atoms with E-state index < -0.39 is 0 Å². The summed E-state index contributed by atoms with van der Waals surface area (Å²) in [7, 11) is 0. The van der Waals surface area contributed by atoms with Gasteiger partial charge < -0.3 is 10.1 Å². The minimum Gasteiger partial charge on any atom is -0.491 e. The highest BCUT2D eigenvalue weighted by atomic mass is 16.5. The van der Waals surface area contributed by atoms with Crippen LogP contribution >= 0.6 is 0 Å². The van der Waals surface area contributed by atoms with Gasteiger partial charge in [-0.25, -0.2) is 0 Å². The minimum atomic E-state index is -0.0437. The summed E-state index contributed by atoms with van der Waals surface area (Å²) in [5, 5.41) is 3.08. The standard InChI is InChI=1S/C18H25NO2/c1-13(2)21-17-11-7-6-10-16(17)14(3)19-18(20)12-15-8-4-5-9-15/h4,6-8,10-11,13-15H,5,9,12H2,1-3H3,(H,19,20)/t14-,15-/m0/s1. The Bertz CT molecular complexity index is 508. The average Bonchev–Trinajstić information content (AvgIpc) is 2.91. The first kappa shape index (κ1) is 15.6. The quantitative estimate of drug-likeness (QED) is 0.803. The molecule has 0 unspecified atom stereocenters. The fraction of sp³-hybridized carbons (Fsp3) is 0.500. The second-order valence-electron chi connectivity index (χ2n) is 5.96. The molecule has 2 atom stereocenters. The molecule has 1 amide bonds. The van der Waals surface area contributed by atoms with E-state index in [2.05, 4.69) is 17.5 Å². The summed E-state index contributed by atoms with van der Waals surface area (Å²) in [6.45, 7) is 6.02. The molecule has 21 heavy (non-hydrogen) atoms. The summed E-state index contributed by atoms with van der Waals surface area (Å²) in [6.07, 6.45) is 7.20. The topological polar surface area (TPSA) is 38.3 Å². The number of nitrogens with one attached hydrogen (secondary N) is 1. The largest absolute Gasteiger partial charge is 0.491 e. The molecule has 0 aromatic heterocycles. The Labute approximate surface area is 127 Å². The summed E-state index contributed by atoms with van der Waals surface area (Å²) in [5.41, 5.74) is 1.03. The maximum atomic E-state index is 12.1. The summed E-state index contributed by atoms with van der Waals surface area (Å²) in [4.78, 5) is 12.1. The van der Waals surface area contributed by atoms with Crippen molar-refractivity contribution in [2.24, 2.45) is 5.92 Å². The predicted octanol–water partition coefficient (Wildman–Crippen LogP) is 4.01. The number of para-hydroxylation sites is 1. The highest BCUT2D eigenvalue weighted by Crippen LogP contribution is 2.26. The van der Waals surface area contributed by atoms with Crippen molar-refractivity contribution < 1.29 is 9.53 Å². The third-order valence-corrected chi connectivity index (χ3v) is 3.69. The van der Waals surface area contributed by atoms with E-state index in [1.165, 1.54) is 0 Å². The third-order valence-electron chi connectivity index (χ3n) is 3.69. The van der Waals surface area contributed by atoms with Gasteiger partial charge in [-0.3, -0.25) is 4.79 Å². The maximum Gasteiger partial charge on any atom is 0.221 e. The number of carbonyl (C=O) groups excluding carboxylic acids is 1. The van der Waals surface area contributed by atoms with Crippen LogP contribution in [0.1, 0.15) is 51.6 Å². The second kappa shape index (κ2) is 7.30. The maximum absolute atomic E-state index is 12.1. The van der Waals surface area contributed by atoms with Crippen molar-refractivity contribution in [3.05, 3.63) is 42.0 Å². The molecule has 0 bridgehead atoms. The number of hydrogen-bond acceptors (Lipinski definition) is 2. The van der Waals surface area contributed by atoms with Gasteiger partial charge in [-0.2, -0.15) is 0 Å². The molecular weight excluding hydrogens is 262 g/mol. The lowest BCUT2D eigenvalue weighted by molar-refractivity contribution is -0.122. The molecule has 0 saturated heterocycles. The number of ether oxygens (including phenoxy) is 1. The SMILES string of the molecule is CC(C)Oc1ccccc1[C@H](C)NC(=O)C[C@H]1C=CCC1. The fourth-order valence-electron chi connectivity index (χ4n) is 2.68. The van der Waals surface area contributed by atoms with E-state index in [1.807, 2.05) is 45.0 Å². The van der Waals surface area contributed by atoms with Crippen molar-refractivity contribution in [3.8, 4) is 5.75 Å². The molecule has 0 saturated carbocycles. The predicted molar refractivity (Wildman–Crippen MR) is 85.2 cm³/mol. The number of allylic oxidation sites excluding steroid dienone is 2. The zero-order valence-electron chi connectivity index (χ0n) is 13.1. The summed E-state index contributed by atoms with van der Waals surface area (Å²) >= 11 is 0. The van der Waals surface area contributed by atoms with Gasteiger partial charge in [0.25, 0.3) is 0 Å². The molecule has 1 aromatic carbocycles. The summed E-state index contributed by atoms with van der Waals surface area (Å²) in [6, 6.07) is 7.86. The summed E-state index contributed by atoms with van der Waals surface area (Å²) < 4.78 is 5.82. The van der Waals surface area contributed by atoms with Gasteiger partial charge in [0.1, 0.15) is 5.75 Å². The number of rotatable bonds is 6. The first-order valence-corrected chi connectivity index (χ1v) is 7.78. The molecular formula is C18H25NO2. The molecule has 0 radical (unpaired) electrons. The van der Waals surface area contributed by atoms with E-state index >= 15 is 0 Å². The highest BCUT2D eigenvalue weighted by molar-refractivity contribution is 5.77. The average molecular weight is 287 g/mol. The van der Waals surface area contributed by atoms with Gasteiger partial charge in [0, 0.05) is 12.0 Å². The molecule has 1 aliphatic carbocycles. The smallest absolute Gasteiger partial charge is 0.221 e. The van der Waals surface area contributed by atoms with Gasteiger partial charge in [-0.15, -0.1) is 0 Å². The highest BCUT2D eigenvalue weighted by Gasteiger charge is 2.18. The molecule has 2 rings (SSSR count). The van der Waals surface area contributed by atoms with Gasteiger partial charge in [0.05, 0.1) is 12.1 Å². The van der Waals surface area contributed by atoms with Crippen LogP contribution in [0.4, 0.5) is 0 Å². The van der Waals surface area contributed by atoms with Crippen LogP contribution in [0.25, 0.3) is 0 Å². The fourth-order valence-corrected chi connectivity index (χ4v) is 2.68. The van der Waals surface area contributed by atoms with Crippen molar-refractivity contribution in [3.63, 3.8) is 0 Å². The molecule has 0 aliphatic heterocycles. The van der Waals surface area contributed by atoms with Crippen LogP contribution in [0.2, 0.25) is 0 Å². The van der Waals surface area contributed by atoms with Crippen LogP contribution in [-0.4, -0.2) is 12.0 Å². The van der Waals surface area contributed by atoms with E-state index in [-0.39, 0.29) is 18.1 Å². The molecule has 1 N–H and O–H groups in total. The van der Waals surface area contributed by atoms with Crippen molar-refractivity contribution >= 4 is 5.91 Å². The van der Waals surface area contributed by atoms with Crippen LogP contribution in [0.5, 0.6) is 5.75 Å². The van der Waals surface area contributed by atoms with Gasteiger partial charge in [0.15, 0.2) is 0 Å². The Morgan fingerprint density at radius 3 is 2.76 bits per heavy atom. The first-order chi connectivity index (χ1) is 10.1. The lowest BCUT2D eigenvalue weighted by atomic mass is 10.0. The minimum absolute atomic E-state index is 0.0437. The van der Waals surface area contributed by atoms with E-state index in [0.717, 1.165) is 24.2 Å². The van der Waals surface area contributed by atoms with Gasteiger partial charge >= 0.3 is 0 Å². The van der Waals surface area contributed by atoms with E-state index in [9.17, 15) is 4.79 Å². The number of carbonyl (C=O) groups is 1. The Morgan fingerprint density at radius 1 is 1.33 bits per heavy atom. The Morgan fingerprint density at radius 2 is 2.10 bits per heavy atom. The van der Waals surface area contributed by atoms with Gasteiger partial charge in [-0.05, 0) is 45.6 Å². The van der Waals surface area contributed by atoms with Crippen molar-refractivity contribution in [2.45, 2.75) is 52.2 Å². The monoisotopic (exact) mass is 287 g/mol. The van der Waals surface area contributed by atoms with E-state index in [4.69, 9.17) is 4.74 Å². The first-order valence-electron chi connectivity index (χ1n) is 7.78. The number of amides is 1. The van der Waals surface area contributed by atoms with Gasteiger partial charge in [-0.1, -0.05) is 30.4 Å². The van der Waals surface area contributed by atoms with Crippen LogP contribution in [0.3, 0.4) is 0 Å². The lowest BCUT2D eigenvalue weighted by Crippen LogP contribution is -2.28. The molecule has 1 aromatic rings. The second-order valence-corrected chi connectivity index (χ2v) is 5.96. The molecule has 0 heterocycles. The molecule has 3 heteroatoms.